The second kappa shape index (κ2) is 8.05. The van der Waals surface area contributed by atoms with Crippen molar-refractivity contribution in [1.29, 1.82) is 0 Å². The maximum atomic E-state index is 13.1. The fourth-order valence-corrected chi connectivity index (χ4v) is 3.36. The third-order valence-electron chi connectivity index (χ3n) is 4.59. The number of aliphatic carboxylic acids is 1. The summed E-state index contributed by atoms with van der Waals surface area (Å²) in [5.74, 6) is -0.514. The van der Waals surface area contributed by atoms with Crippen LogP contribution in [0.4, 0.5) is 11.5 Å². The average Bonchev–Trinajstić information content (AvgIpc) is 2.73. The molecular weight excluding hydrogens is 378 g/mol. The Labute approximate surface area is 172 Å². The van der Waals surface area contributed by atoms with Crippen LogP contribution in [0, 0.1) is 6.92 Å². The Morgan fingerprint density at radius 3 is 2.37 bits per heavy atom. The van der Waals surface area contributed by atoms with Gasteiger partial charge in [0.15, 0.2) is 11.1 Å². The first-order chi connectivity index (χ1) is 14.5. The molecule has 4 aromatic rings. The summed E-state index contributed by atoms with van der Waals surface area (Å²) >= 11 is 0. The summed E-state index contributed by atoms with van der Waals surface area (Å²) in [5, 5.41) is 12.7. The maximum Gasteiger partial charge on any atom is 0.328 e. The van der Waals surface area contributed by atoms with Crippen molar-refractivity contribution in [3.8, 4) is 5.69 Å². The van der Waals surface area contributed by atoms with Crippen molar-refractivity contribution in [3.63, 3.8) is 0 Å². The molecule has 30 heavy (non-hydrogen) atoms. The molecule has 0 saturated heterocycles. The molecule has 0 atom stereocenters. The van der Waals surface area contributed by atoms with Crippen molar-refractivity contribution in [2.45, 2.75) is 6.92 Å². The molecule has 0 aliphatic heterocycles. The van der Waals surface area contributed by atoms with Crippen LogP contribution in [0.2, 0.25) is 0 Å². The molecule has 6 nitrogen and oxygen atoms in total. The van der Waals surface area contributed by atoms with Crippen LogP contribution in [-0.2, 0) is 4.79 Å². The molecule has 0 radical (unpaired) electrons. The van der Waals surface area contributed by atoms with E-state index in [2.05, 4.69) is 10.3 Å². The topological polar surface area (TPSA) is 84.2 Å². The van der Waals surface area contributed by atoms with Crippen LogP contribution in [-0.4, -0.2) is 20.6 Å². The predicted molar refractivity (Wildman–Crippen MR) is 118 cm³/mol. The molecule has 2 aromatic carbocycles. The van der Waals surface area contributed by atoms with Gasteiger partial charge in [0, 0.05) is 29.2 Å². The molecule has 0 bridgehead atoms. The minimum atomic E-state index is -1.08. The third-order valence-corrected chi connectivity index (χ3v) is 4.59. The number of hydrogen-bond donors (Lipinski definition) is 2. The quantitative estimate of drug-likeness (QED) is 0.483. The zero-order valence-corrected chi connectivity index (χ0v) is 16.2. The van der Waals surface area contributed by atoms with Crippen LogP contribution in [0.1, 0.15) is 11.3 Å². The van der Waals surface area contributed by atoms with Gasteiger partial charge >= 0.3 is 5.97 Å². The van der Waals surface area contributed by atoms with Crippen LogP contribution >= 0.6 is 0 Å². The van der Waals surface area contributed by atoms with Crippen LogP contribution in [0.15, 0.2) is 83.7 Å². The van der Waals surface area contributed by atoms with E-state index in [1.54, 1.807) is 6.07 Å². The van der Waals surface area contributed by atoms with Crippen LogP contribution < -0.4 is 10.7 Å². The number of benzene rings is 2. The summed E-state index contributed by atoms with van der Waals surface area (Å²) in [5.41, 5.74) is 3.06. The predicted octanol–water partition coefficient (Wildman–Crippen LogP) is 4.54. The first-order valence-corrected chi connectivity index (χ1v) is 9.39. The molecule has 4 rings (SSSR count). The highest BCUT2D eigenvalue weighted by Crippen LogP contribution is 2.26. The van der Waals surface area contributed by atoms with Gasteiger partial charge in [-0.15, -0.1) is 0 Å². The van der Waals surface area contributed by atoms with Gasteiger partial charge in [0.05, 0.1) is 5.39 Å². The molecule has 148 valence electrons. The van der Waals surface area contributed by atoms with Gasteiger partial charge in [0.2, 0.25) is 0 Å². The number of nitrogens with zero attached hydrogens (tertiary/aromatic N) is 2. The lowest BCUT2D eigenvalue weighted by Crippen LogP contribution is -2.15. The van der Waals surface area contributed by atoms with Crippen LogP contribution in [0.25, 0.3) is 22.8 Å². The van der Waals surface area contributed by atoms with Crippen molar-refractivity contribution in [3.05, 3.63) is 100 Å². The number of fused-ring (bicyclic) bond motifs is 1. The fourth-order valence-electron chi connectivity index (χ4n) is 3.36. The zero-order valence-electron chi connectivity index (χ0n) is 16.2. The van der Waals surface area contributed by atoms with E-state index >= 15 is 0 Å². The van der Waals surface area contributed by atoms with E-state index in [1.165, 1.54) is 12.1 Å². The standard InChI is InChI=1S/C24H19N3O3/c1-16-14-17(12-13-22(29)30)23-20(28)15-21(26-18-8-4-2-5-9-18)27(24(23)25-16)19-10-6-3-7-11-19/h2-15,26H,1H3,(H,29,30)/b13-12+. The Kier molecular flexibility index (Phi) is 5.13. The number of hydrogen-bond acceptors (Lipinski definition) is 4. The zero-order chi connectivity index (χ0) is 21.1. The van der Waals surface area contributed by atoms with Crippen molar-refractivity contribution in [2.75, 3.05) is 5.32 Å². The van der Waals surface area contributed by atoms with Gasteiger partial charge in [-0.05, 0) is 48.9 Å². The highest BCUT2D eigenvalue weighted by atomic mass is 16.4. The smallest absolute Gasteiger partial charge is 0.328 e. The van der Waals surface area contributed by atoms with Crippen molar-refractivity contribution < 1.29 is 9.90 Å². The monoisotopic (exact) mass is 397 g/mol. The van der Waals surface area contributed by atoms with Crippen molar-refractivity contribution in [1.82, 2.24) is 9.55 Å². The van der Waals surface area contributed by atoms with Gasteiger partial charge in [-0.2, -0.15) is 0 Å². The summed E-state index contributed by atoms with van der Waals surface area (Å²) in [6.45, 7) is 1.81. The van der Waals surface area contributed by atoms with Gasteiger partial charge in [-0.3, -0.25) is 9.36 Å². The van der Waals surface area contributed by atoms with Gasteiger partial charge in [0.25, 0.3) is 0 Å². The van der Waals surface area contributed by atoms with Gasteiger partial charge in [-0.25, -0.2) is 9.78 Å². The molecule has 6 heteroatoms. The molecule has 0 spiro atoms. The third kappa shape index (κ3) is 3.84. The number of carboxylic acids is 1. The van der Waals surface area contributed by atoms with E-state index < -0.39 is 5.97 Å². The van der Waals surface area contributed by atoms with Gasteiger partial charge < -0.3 is 10.4 Å². The van der Waals surface area contributed by atoms with Gasteiger partial charge in [-0.1, -0.05) is 36.4 Å². The number of nitrogens with one attached hydrogen (secondary N) is 1. The minimum absolute atomic E-state index is 0.242. The number of anilines is 2. The maximum absolute atomic E-state index is 13.1. The van der Waals surface area contributed by atoms with E-state index in [1.807, 2.05) is 72.2 Å². The highest BCUT2D eigenvalue weighted by Gasteiger charge is 2.15. The fraction of sp³-hybridized carbons (Fsp3) is 0.0417. The molecule has 2 aromatic heterocycles. The highest BCUT2D eigenvalue weighted by molar-refractivity contribution is 5.93. The van der Waals surface area contributed by atoms with E-state index in [0.29, 0.717) is 28.1 Å². The Balaban J connectivity index is 2.05. The molecule has 0 aliphatic rings. The molecule has 0 aliphatic carbocycles. The first kappa shape index (κ1) is 19.1. The normalized spacial score (nSPS) is 11.1. The number of aryl methyl sites for hydroxylation is 1. The first-order valence-electron chi connectivity index (χ1n) is 9.39. The Hall–Kier alpha value is -4.19. The molecular formula is C24H19N3O3. The number of rotatable bonds is 5. The molecule has 2 N–H and O–H groups in total. The Bertz CT molecular complexity index is 1310. The SMILES string of the molecule is Cc1cc(/C=C/C(=O)O)c2c(=O)cc(Nc3ccccc3)n(-c3ccccc3)c2n1. The van der Waals surface area contributed by atoms with Crippen LogP contribution in [0.3, 0.4) is 0 Å². The van der Waals surface area contributed by atoms with E-state index in [9.17, 15) is 9.59 Å². The lowest BCUT2D eigenvalue weighted by Gasteiger charge is -2.19. The van der Waals surface area contributed by atoms with Gasteiger partial charge in [0.1, 0.15) is 5.82 Å². The summed E-state index contributed by atoms with van der Waals surface area (Å²) in [7, 11) is 0. The molecule has 0 unspecified atom stereocenters. The second-order valence-electron chi connectivity index (χ2n) is 6.78. The number of carbonyl (C=O) groups is 1. The van der Waals surface area contributed by atoms with E-state index in [0.717, 1.165) is 17.5 Å². The lowest BCUT2D eigenvalue weighted by atomic mass is 10.1. The van der Waals surface area contributed by atoms with E-state index in [4.69, 9.17) is 5.11 Å². The number of para-hydroxylation sites is 2. The van der Waals surface area contributed by atoms with E-state index in [-0.39, 0.29) is 5.43 Å². The number of aromatic nitrogens is 2. The summed E-state index contributed by atoms with van der Waals surface area (Å²) in [6, 6.07) is 22.4. The van der Waals surface area contributed by atoms with Crippen LogP contribution in [0.5, 0.6) is 0 Å². The van der Waals surface area contributed by atoms with Crippen molar-refractivity contribution in [2.24, 2.45) is 0 Å². The minimum Gasteiger partial charge on any atom is -0.478 e. The second-order valence-corrected chi connectivity index (χ2v) is 6.78. The largest absolute Gasteiger partial charge is 0.478 e. The number of pyridine rings is 2. The summed E-state index contributed by atoms with van der Waals surface area (Å²) in [6.07, 6.45) is 2.46. The Morgan fingerprint density at radius 1 is 1.03 bits per heavy atom. The summed E-state index contributed by atoms with van der Waals surface area (Å²) in [4.78, 5) is 28.7. The molecule has 0 fully saturated rings. The number of carboxylic acid groups (broad SMARTS) is 1. The lowest BCUT2D eigenvalue weighted by molar-refractivity contribution is -0.131. The average molecular weight is 397 g/mol. The summed E-state index contributed by atoms with van der Waals surface area (Å²) < 4.78 is 1.87. The van der Waals surface area contributed by atoms with Crippen molar-refractivity contribution >= 4 is 34.6 Å². The molecule has 0 saturated carbocycles. The molecule has 0 amide bonds. The Morgan fingerprint density at radius 2 is 1.70 bits per heavy atom. The molecule has 2 heterocycles.